The Labute approximate surface area is 146 Å². The topological polar surface area (TPSA) is 49.0 Å². The van der Waals surface area contributed by atoms with E-state index >= 15 is 0 Å². The van der Waals surface area contributed by atoms with Crippen LogP contribution in [-0.2, 0) is 11.3 Å². The molecule has 23 heavy (non-hydrogen) atoms. The Hall–Kier alpha value is -1.17. The number of hydrogen-bond acceptors (Lipinski definition) is 5. The van der Waals surface area contributed by atoms with Crippen LogP contribution in [0.5, 0.6) is 17.2 Å². The highest BCUT2D eigenvalue weighted by atomic mass is 35.5. The van der Waals surface area contributed by atoms with Gasteiger partial charge in [-0.05, 0) is 18.4 Å². The third-order valence-corrected chi connectivity index (χ3v) is 3.36. The van der Waals surface area contributed by atoms with Crippen LogP contribution >= 0.6 is 12.4 Å². The quantitative estimate of drug-likeness (QED) is 0.622. The molecule has 0 saturated heterocycles. The van der Waals surface area contributed by atoms with Gasteiger partial charge in [-0.2, -0.15) is 0 Å². The van der Waals surface area contributed by atoms with Crippen molar-refractivity contribution in [1.29, 1.82) is 0 Å². The average Bonchev–Trinajstić information content (AvgIpc) is 2.52. The van der Waals surface area contributed by atoms with Gasteiger partial charge in [0.25, 0.3) is 0 Å². The molecule has 134 valence electrons. The molecular formula is C17H30ClNO4. The van der Waals surface area contributed by atoms with Gasteiger partial charge in [0.15, 0.2) is 11.5 Å². The van der Waals surface area contributed by atoms with E-state index in [1.807, 2.05) is 12.1 Å². The average molecular weight is 348 g/mol. The van der Waals surface area contributed by atoms with Gasteiger partial charge >= 0.3 is 0 Å². The van der Waals surface area contributed by atoms with Gasteiger partial charge in [-0.1, -0.05) is 13.8 Å². The van der Waals surface area contributed by atoms with Gasteiger partial charge in [-0.3, -0.25) is 0 Å². The van der Waals surface area contributed by atoms with Crippen LogP contribution in [-0.4, -0.2) is 41.1 Å². The van der Waals surface area contributed by atoms with E-state index in [1.54, 1.807) is 21.3 Å². The van der Waals surface area contributed by atoms with Crippen LogP contribution in [0.15, 0.2) is 12.1 Å². The number of methoxy groups -OCH3 is 3. The Morgan fingerprint density at radius 2 is 1.52 bits per heavy atom. The fourth-order valence-corrected chi connectivity index (χ4v) is 2.02. The molecule has 0 amide bonds. The van der Waals surface area contributed by atoms with E-state index in [9.17, 15) is 0 Å². The van der Waals surface area contributed by atoms with E-state index in [0.29, 0.717) is 30.6 Å². The molecule has 1 rings (SSSR count). The predicted octanol–water partition coefficient (Wildman–Crippen LogP) is 3.29. The molecular weight excluding hydrogens is 318 g/mol. The second-order valence-electron chi connectivity index (χ2n) is 5.49. The van der Waals surface area contributed by atoms with Crippen LogP contribution in [0.3, 0.4) is 0 Å². The molecule has 0 aliphatic carbocycles. The molecule has 5 nitrogen and oxygen atoms in total. The fraction of sp³-hybridized carbons (Fsp3) is 0.647. The molecule has 0 saturated carbocycles. The van der Waals surface area contributed by atoms with Crippen molar-refractivity contribution in [3.63, 3.8) is 0 Å². The molecule has 1 aromatic carbocycles. The number of rotatable bonds is 11. The van der Waals surface area contributed by atoms with Crippen molar-refractivity contribution >= 4 is 12.4 Å². The van der Waals surface area contributed by atoms with Crippen molar-refractivity contribution in [2.24, 2.45) is 5.92 Å². The number of ether oxygens (including phenoxy) is 4. The van der Waals surface area contributed by atoms with Gasteiger partial charge in [0.05, 0.1) is 27.9 Å². The largest absolute Gasteiger partial charge is 0.496 e. The second kappa shape index (κ2) is 12.3. The number of benzene rings is 1. The van der Waals surface area contributed by atoms with Gasteiger partial charge in [-0.15, -0.1) is 12.4 Å². The summed E-state index contributed by atoms with van der Waals surface area (Å²) in [5.74, 6) is 2.84. The summed E-state index contributed by atoms with van der Waals surface area (Å²) in [6.07, 6.45) is 1.10. The summed E-state index contributed by atoms with van der Waals surface area (Å²) in [5, 5.41) is 3.35. The summed E-state index contributed by atoms with van der Waals surface area (Å²) in [6, 6.07) is 3.78. The zero-order valence-electron chi connectivity index (χ0n) is 14.8. The molecule has 0 aliphatic heterocycles. The van der Waals surface area contributed by atoms with Crippen molar-refractivity contribution < 1.29 is 18.9 Å². The van der Waals surface area contributed by atoms with Crippen LogP contribution < -0.4 is 19.5 Å². The SMILES string of the molecule is COc1cc(OC)c(OC)cc1CNCCOCCC(C)C.Cl. The van der Waals surface area contributed by atoms with E-state index in [2.05, 4.69) is 19.2 Å². The van der Waals surface area contributed by atoms with Crippen molar-refractivity contribution in [3.8, 4) is 17.2 Å². The van der Waals surface area contributed by atoms with Crippen molar-refractivity contribution in [3.05, 3.63) is 17.7 Å². The molecule has 0 aliphatic rings. The Morgan fingerprint density at radius 3 is 2.09 bits per heavy atom. The highest BCUT2D eigenvalue weighted by molar-refractivity contribution is 5.85. The molecule has 0 heterocycles. The predicted molar refractivity (Wildman–Crippen MR) is 95.3 cm³/mol. The lowest BCUT2D eigenvalue weighted by Crippen LogP contribution is -2.20. The maximum atomic E-state index is 5.58. The minimum atomic E-state index is 0. The number of nitrogens with one attached hydrogen (secondary N) is 1. The number of halogens is 1. The zero-order valence-corrected chi connectivity index (χ0v) is 15.6. The van der Waals surface area contributed by atoms with E-state index in [0.717, 1.165) is 30.9 Å². The van der Waals surface area contributed by atoms with Crippen molar-refractivity contribution in [2.45, 2.75) is 26.8 Å². The molecule has 0 spiro atoms. The standard InChI is InChI=1S/C17H29NO4.ClH/c1-13(2)6-8-22-9-7-18-12-14-10-16(20-4)17(21-5)11-15(14)19-3;/h10-11,13,18H,6-9,12H2,1-5H3;1H. The Morgan fingerprint density at radius 1 is 0.913 bits per heavy atom. The lowest BCUT2D eigenvalue weighted by atomic mass is 10.1. The molecule has 0 unspecified atom stereocenters. The van der Waals surface area contributed by atoms with Gasteiger partial charge in [-0.25, -0.2) is 0 Å². The molecule has 6 heteroatoms. The highest BCUT2D eigenvalue weighted by Crippen LogP contribution is 2.34. The lowest BCUT2D eigenvalue weighted by Gasteiger charge is -2.14. The second-order valence-corrected chi connectivity index (χ2v) is 5.49. The maximum absolute atomic E-state index is 5.58. The third kappa shape index (κ3) is 7.77. The minimum Gasteiger partial charge on any atom is -0.496 e. The molecule has 0 radical (unpaired) electrons. The summed E-state index contributed by atoms with van der Waals surface area (Å²) >= 11 is 0. The van der Waals surface area contributed by atoms with E-state index in [4.69, 9.17) is 18.9 Å². The maximum Gasteiger partial charge on any atom is 0.164 e. The van der Waals surface area contributed by atoms with E-state index in [-0.39, 0.29) is 12.4 Å². The smallest absolute Gasteiger partial charge is 0.164 e. The fourth-order valence-electron chi connectivity index (χ4n) is 2.02. The first-order chi connectivity index (χ1) is 10.6. The monoisotopic (exact) mass is 347 g/mol. The Balaban J connectivity index is 0.00000484. The van der Waals surface area contributed by atoms with Gasteiger partial charge in [0.2, 0.25) is 0 Å². The Kier molecular flexibility index (Phi) is 11.7. The van der Waals surface area contributed by atoms with E-state index in [1.165, 1.54) is 0 Å². The summed E-state index contributed by atoms with van der Waals surface area (Å²) < 4.78 is 21.6. The molecule has 1 N–H and O–H groups in total. The lowest BCUT2D eigenvalue weighted by molar-refractivity contribution is 0.125. The first-order valence-electron chi connectivity index (χ1n) is 7.69. The first kappa shape index (κ1) is 21.8. The van der Waals surface area contributed by atoms with Gasteiger partial charge in [0.1, 0.15) is 5.75 Å². The van der Waals surface area contributed by atoms with Crippen molar-refractivity contribution in [2.75, 3.05) is 41.1 Å². The molecule has 0 atom stereocenters. The van der Waals surface area contributed by atoms with Crippen LogP contribution in [0.2, 0.25) is 0 Å². The normalized spacial score (nSPS) is 10.3. The van der Waals surface area contributed by atoms with Gasteiger partial charge in [0, 0.05) is 31.3 Å². The minimum absolute atomic E-state index is 0. The molecule has 0 bridgehead atoms. The molecule has 0 fully saturated rings. The summed E-state index contributed by atoms with van der Waals surface area (Å²) in [5.41, 5.74) is 1.03. The summed E-state index contributed by atoms with van der Waals surface area (Å²) in [6.45, 7) is 7.42. The van der Waals surface area contributed by atoms with Crippen molar-refractivity contribution in [1.82, 2.24) is 5.32 Å². The third-order valence-electron chi connectivity index (χ3n) is 3.36. The molecule has 0 aromatic heterocycles. The highest BCUT2D eigenvalue weighted by Gasteiger charge is 2.11. The Bertz CT molecular complexity index is 441. The molecule has 1 aromatic rings. The van der Waals surface area contributed by atoms with Crippen LogP contribution in [0.4, 0.5) is 0 Å². The van der Waals surface area contributed by atoms with Crippen LogP contribution in [0.1, 0.15) is 25.8 Å². The van der Waals surface area contributed by atoms with Crippen LogP contribution in [0.25, 0.3) is 0 Å². The van der Waals surface area contributed by atoms with E-state index < -0.39 is 0 Å². The van der Waals surface area contributed by atoms with Gasteiger partial charge < -0.3 is 24.3 Å². The summed E-state index contributed by atoms with van der Waals surface area (Å²) in [4.78, 5) is 0. The first-order valence-corrected chi connectivity index (χ1v) is 7.69. The summed E-state index contributed by atoms with van der Waals surface area (Å²) in [7, 11) is 4.90. The zero-order chi connectivity index (χ0) is 16.4. The number of hydrogen-bond donors (Lipinski definition) is 1. The van der Waals surface area contributed by atoms with Crippen LogP contribution in [0, 0.1) is 5.92 Å².